The van der Waals surface area contributed by atoms with Gasteiger partial charge in [-0.25, -0.2) is 0 Å². The largest absolute Gasteiger partial charge is 0.522 e. The smallest absolute Gasteiger partial charge is 0.382 e. The van der Waals surface area contributed by atoms with Crippen LogP contribution in [0.2, 0.25) is 6.04 Å². The standard InChI is InChI=1S/C17H26O4Si/c1-3-8-15-9-4-5-10-17(15)21-22(18-2)12-7-6-11-19-13-16-14-20-16/h3-5,9-10,16,22H,1,6-8,11-14H2,2H3. The molecule has 4 nitrogen and oxygen atoms in total. The fraction of sp³-hybridized carbons (Fsp3) is 0.529. The Balaban J connectivity index is 1.68. The van der Waals surface area contributed by atoms with E-state index in [-0.39, 0.29) is 0 Å². The molecule has 1 heterocycles. The third kappa shape index (κ3) is 6.32. The van der Waals surface area contributed by atoms with Crippen molar-refractivity contribution < 1.29 is 18.3 Å². The summed E-state index contributed by atoms with van der Waals surface area (Å²) in [6, 6.07) is 9.09. The molecule has 0 aliphatic carbocycles. The van der Waals surface area contributed by atoms with Gasteiger partial charge in [-0.2, -0.15) is 0 Å². The van der Waals surface area contributed by atoms with Crippen molar-refractivity contribution >= 4 is 9.28 Å². The van der Waals surface area contributed by atoms with Crippen LogP contribution in [-0.4, -0.2) is 42.3 Å². The topological polar surface area (TPSA) is 40.2 Å². The van der Waals surface area contributed by atoms with Crippen molar-refractivity contribution in [3.05, 3.63) is 42.5 Å². The van der Waals surface area contributed by atoms with Gasteiger partial charge in [0.15, 0.2) is 0 Å². The first kappa shape index (κ1) is 17.2. The fourth-order valence-corrected chi connectivity index (χ4v) is 3.79. The minimum absolute atomic E-state index is 0.353. The van der Waals surface area contributed by atoms with Gasteiger partial charge >= 0.3 is 9.28 Å². The highest BCUT2D eigenvalue weighted by molar-refractivity contribution is 6.45. The molecule has 1 fully saturated rings. The number of hydrogen-bond acceptors (Lipinski definition) is 4. The van der Waals surface area contributed by atoms with Crippen LogP contribution in [0.1, 0.15) is 18.4 Å². The molecule has 0 amide bonds. The summed E-state index contributed by atoms with van der Waals surface area (Å²) < 4.78 is 22.3. The SMILES string of the molecule is C=CCc1ccccc1O[SiH](CCCCOCC1CO1)OC. The molecule has 1 saturated heterocycles. The molecule has 0 saturated carbocycles. The van der Waals surface area contributed by atoms with Gasteiger partial charge in [0.05, 0.1) is 13.2 Å². The van der Waals surface area contributed by atoms with E-state index in [1.807, 2.05) is 24.3 Å². The van der Waals surface area contributed by atoms with Gasteiger partial charge in [0.1, 0.15) is 11.9 Å². The Morgan fingerprint density at radius 3 is 2.91 bits per heavy atom. The Morgan fingerprint density at radius 2 is 2.18 bits per heavy atom. The summed E-state index contributed by atoms with van der Waals surface area (Å²) >= 11 is 0. The van der Waals surface area contributed by atoms with E-state index >= 15 is 0 Å². The summed E-state index contributed by atoms with van der Waals surface area (Å²) in [4.78, 5) is 0. The first-order chi connectivity index (χ1) is 10.8. The summed E-state index contributed by atoms with van der Waals surface area (Å²) in [5.74, 6) is 0.933. The first-order valence-corrected chi connectivity index (χ1v) is 9.67. The minimum Gasteiger partial charge on any atom is -0.522 e. The summed E-state index contributed by atoms with van der Waals surface area (Å²) in [5.41, 5.74) is 1.17. The van der Waals surface area contributed by atoms with Gasteiger partial charge in [-0.15, -0.1) is 6.58 Å². The lowest BCUT2D eigenvalue weighted by molar-refractivity contribution is 0.114. The zero-order chi connectivity index (χ0) is 15.6. The number of epoxide rings is 1. The van der Waals surface area contributed by atoms with Crippen molar-refractivity contribution in [3.63, 3.8) is 0 Å². The number of para-hydroxylation sites is 1. The molecule has 0 spiro atoms. The molecule has 1 aliphatic rings. The van der Waals surface area contributed by atoms with E-state index in [0.717, 1.165) is 50.9 Å². The monoisotopic (exact) mass is 322 g/mol. The Kier molecular flexibility index (Phi) is 7.66. The average Bonchev–Trinajstić information content (AvgIpc) is 3.35. The van der Waals surface area contributed by atoms with Crippen LogP contribution in [0, 0.1) is 0 Å². The van der Waals surface area contributed by atoms with E-state index in [4.69, 9.17) is 18.3 Å². The van der Waals surface area contributed by atoms with Crippen molar-refractivity contribution in [1.29, 1.82) is 0 Å². The number of rotatable bonds is 12. The maximum absolute atomic E-state index is 6.11. The molecule has 1 aromatic carbocycles. The Morgan fingerprint density at radius 1 is 1.36 bits per heavy atom. The predicted molar refractivity (Wildman–Crippen MR) is 89.7 cm³/mol. The molecule has 5 heteroatoms. The van der Waals surface area contributed by atoms with E-state index in [1.54, 1.807) is 7.11 Å². The maximum Gasteiger partial charge on any atom is 0.382 e. The van der Waals surface area contributed by atoms with Crippen LogP contribution < -0.4 is 4.43 Å². The van der Waals surface area contributed by atoms with Gasteiger partial charge in [-0.1, -0.05) is 24.3 Å². The van der Waals surface area contributed by atoms with Crippen LogP contribution >= 0.6 is 0 Å². The van der Waals surface area contributed by atoms with Crippen molar-refractivity contribution in [2.75, 3.05) is 26.9 Å². The highest BCUT2D eigenvalue weighted by atomic mass is 28.3. The van der Waals surface area contributed by atoms with Gasteiger partial charge in [-0.05, 0) is 36.9 Å². The van der Waals surface area contributed by atoms with Crippen molar-refractivity contribution in [3.8, 4) is 5.75 Å². The van der Waals surface area contributed by atoms with Crippen LogP contribution in [0.3, 0.4) is 0 Å². The molecule has 2 unspecified atom stereocenters. The fourth-order valence-electron chi connectivity index (χ4n) is 2.20. The van der Waals surface area contributed by atoms with Gasteiger partial charge in [0.25, 0.3) is 0 Å². The molecule has 0 radical (unpaired) electrons. The number of hydrogen-bond donors (Lipinski definition) is 0. The Labute approximate surface area is 134 Å². The van der Waals surface area contributed by atoms with Gasteiger partial charge < -0.3 is 18.3 Å². The Bertz CT molecular complexity index is 448. The highest BCUT2D eigenvalue weighted by Crippen LogP contribution is 2.21. The van der Waals surface area contributed by atoms with Gasteiger partial charge in [0.2, 0.25) is 0 Å². The first-order valence-electron chi connectivity index (χ1n) is 7.91. The Hall–Kier alpha value is -1.14. The van der Waals surface area contributed by atoms with Crippen LogP contribution in [0.5, 0.6) is 5.75 Å². The molecule has 0 N–H and O–H groups in total. The quantitative estimate of drug-likeness (QED) is 0.257. The third-order valence-corrected chi connectivity index (χ3v) is 5.47. The molecule has 1 aromatic rings. The van der Waals surface area contributed by atoms with Crippen LogP contribution in [0.15, 0.2) is 36.9 Å². The number of allylic oxidation sites excluding steroid dienone is 1. The maximum atomic E-state index is 6.11. The molecule has 1 aliphatic heterocycles. The molecule has 2 atom stereocenters. The molecule has 22 heavy (non-hydrogen) atoms. The van der Waals surface area contributed by atoms with E-state index in [9.17, 15) is 0 Å². The second kappa shape index (κ2) is 9.79. The molecular formula is C17H26O4Si. The van der Waals surface area contributed by atoms with Crippen LogP contribution in [0.4, 0.5) is 0 Å². The second-order valence-corrected chi connectivity index (χ2v) is 7.55. The summed E-state index contributed by atoms with van der Waals surface area (Å²) in [5, 5.41) is 0. The molecule has 0 bridgehead atoms. The lowest BCUT2D eigenvalue weighted by Crippen LogP contribution is -2.25. The van der Waals surface area contributed by atoms with Crippen molar-refractivity contribution in [2.45, 2.75) is 31.4 Å². The van der Waals surface area contributed by atoms with Crippen molar-refractivity contribution in [1.82, 2.24) is 0 Å². The number of benzene rings is 1. The van der Waals surface area contributed by atoms with Crippen LogP contribution in [0.25, 0.3) is 0 Å². The lowest BCUT2D eigenvalue weighted by atomic mass is 10.1. The second-order valence-electron chi connectivity index (χ2n) is 5.41. The summed E-state index contributed by atoms with van der Waals surface area (Å²) in [6.45, 7) is 6.17. The third-order valence-electron chi connectivity index (χ3n) is 3.54. The lowest BCUT2D eigenvalue weighted by Gasteiger charge is -2.18. The number of ether oxygens (including phenoxy) is 2. The molecular weight excluding hydrogens is 296 g/mol. The number of unbranched alkanes of at least 4 members (excludes halogenated alkanes) is 1. The molecule has 0 aromatic heterocycles. The van der Waals surface area contributed by atoms with Crippen molar-refractivity contribution in [2.24, 2.45) is 0 Å². The molecule has 122 valence electrons. The average molecular weight is 322 g/mol. The minimum atomic E-state index is -1.67. The van der Waals surface area contributed by atoms with Gasteiger partial charge in [-0.3, -0.25) is 0 Å². The van der Waals surface area contributed by atoms with Crippen LogP contribution in [-0.2, 0) is 20.3 Å². The van der Waals surface area contributed by atoms with Gasteiger partial charge in [0, 0.05) is 13.7 Å². The van der Waals surface area contributed by atoms with E-state index in [0.29, 0.717) is 6.10 Å². The molecule has 2 rings (SSSR count). The van der Waals surface area contributed by atoms with E-state index in [2.05, 4.69) is 12.6 Å². The van der Waals surface area contributed by atoms with E-state index in [1.165, 1.54) is 5.56 Å². The predicted octanol–water partition coefficient (Wildman–Crippen LogP) is 2.86. The summed E-state index contributed by atoms with van der Waals surface area (Å²) in [7, 11) is 0.0778. The highest BCUT2D eigenvalue weighted by Gasteiger charge is 2.22. The van der Waals surface area contributed by atoms with E-state index < -0.39 is 9.28 Å². The normalized spacial score (nSPS) is 18.0. The zero-order valence-electron chi connectivity index (χ0n) is 13.3. The zero-order valence-corrected chi connectivity index (χ0v) is 14.5. The summed E-state index contributed by atoms with van der Waals surface area (Å²) in [6.07, 6.45) is 5.17.